The van der Waals surface area contributed by atoms with E-state index in [-0.39, 0.29) is 24.3 Å². The third-order valence-electron chi connectivity index (χ3n) is 2.26. The van der Waals surface area contributed by atoms with Gasteiger partial charge < -0.3 is 9.94 Å². The molecule has 0 spiro atoms. The van der Waals surface area contributed by atoms with Crippen molar-refractivity contribution in [3.05, 3.63) is 35.4 Å². The predicted octanol–water partition coefficient (Wildman–Crippen LogP) is 2.64. The third-order valence-corrected chi connectivity index (χ3v) is 2.26. The van der Waals surface area contributed by atoms with Crippen molar-refractivity contribution in [2.75, 3.05) is 6.61 Å². The Morgan fingerprint density at radius 1 is 1.42 bits per heavy atom. The number of esters is 1. The molecule has 0 aliphatic rings. The summed E-state index contributed by atoms with van der Waals surface area (Å²) in [6, 6.07) is 4.44. The Hall–Kier alpha value is -2.05. The van der Waals surface area contributed by atoms with E-state index in [0.29, 0.717) is 0 Å². The minimum atomic E-state index is -4.46. The van der Waals surface area contributed by atoms with Gasteiger partial charge in [-0.15, -0.1) is 0 Å². The van der Waals surface area contributed by atoms with E-state index in [1.165, 1.54) is 12.1 Å². The van der Waals surface area contributed by atoms with Crippen LogP contribution in [-0.4, -0.2) is 23.5 Å². The van der Waals surface area contributed by atoms with Crippen LogP contribution in [0, 0.1) is 0 Å². The molecule has 0 unspecified atom stereocenters. The molecule has 0 saturated heterocycles. The number of carbonyl (C=O) groups is 1. The number of halogens is 3. The monoisotopic (exact) mass is 275 g/mol. The van der Waals surface area contributed by atoms with Crippen LogP contribution < -0.4 is 0 Å². The lowest BCUT2D eigenvalue weighted by Gasteiger charge is -2.09. The molecule has 4 nitrogen and oxygen atoms in total. The van der Waals surface area contributed by atoms with Gasteiger partial charge in [0, 0.05) is 6.42 Å². The molecule has 104 valence electrons. The fourth-order valence-electron chi connectivity index (χ4n) is 1.41. The number of rotatable bonds is 4. The zero-order chi connectivity index (χ0) is 14.5. The van der Waals surface area contributed by atoms with E-state index < -0.39 is 17.7 Å². The summed E-state index contributed by atoms with van der Waals surface area (Å²) in [6.07, 6.45) is -4.70. The maximum atomic E-state index is 12.5. The van der Waals surface area contributed by atoms with Crippen molar-refractivity contribution < 1.29 is 27.9 Å². The molecule has 0 fully saturated rings. The number of oxime groups is 1. The molecule has 0 saturated carbocycles. The van der Waals surface area contributed by atoms with Gasteiger partial charge in [0.1, 0.15) is 0 Å². The van der Waals surface area contributed by atoms with Crippen LogP contribution in [0.25, 0.3) is 0 Å². The van der Waals surface area contributed by atoms with E-state index in [1.807, 2.05) is 0 Å². The maximum Gasteiger partial charge on any atom is 0.416 e. The fourth-order valence-corrected chi connectivity index (χ4v) is 1.41. The van der Waals surface area contributed by atoms with Gasteiger partial charge in [0.05, 0.1) is 12.2 Å². The van der Waals surface area contributed by atoms with E-state index in [2.05, 4.69) is 9.89 Å². The topological polar surface area (TPSA) is 58.9 Å². The van der Waals surface area contributed by atoms with E-state index in [9.17, 15) is 18.0 Å². The van der Waals surface area contributed by atoms with Gasteiger partial charge in [0.15, 0.2) is 5.71 Å². The second-order valence-electron chi connectivity index (χ2n) is 3.64. The highest BCUT2D eigenvalue weighted by molar-refractivity contribution is 6.36. The van der Waals surface area contributed by atoms with Crippen LogP contribution in [-0.2, 0) is 22.1 Å². The molecule has 0 radical (unpaired) electrons. The number of hydrogen-bond acceptors (Lipinski definition) is 4. The molecule has 0 bridgehead atoms. The maximum absolute atomic E-state index is 12.5. The Morgan fingerprint density at radius 2 is 2.11 bits per heavy atom. The van der Waals surface area contributed by atoms with Crippen LogP contribution in [0.5, 0.6) is 0 Å². The molecule has 0 aliphatic heterocycles. The number of ether oxygens (including phenoxy) is 1. The molecule has 1 N–H and O–H groups in total. The minimum Gasteiger partial charge on any atom is -0.461 e. The summed E-state index contributed by atoms with van der Waals surface area (Å²) >= 11 is 0. The van der Waals surface area contributed by atoms with Crippen molar-refractivity contribution in [3.63, 3.8) is 0 Å². The zero-order valence-corrected chi connectivity index (χ0v) is 10.1. The molecule has 19 heavy (non-hydrogen) atoms. The lowest BCUT2D eigenvalue weighted by atomic mass is 10.1. The van der Waals surface area contributed by atoms with Crippen LogP contribution in [0.15, 0.2) is 29.4 Å². The Labute approximate surface area is 107 Å². The van der Waals surface area contributed by atoms with Gasteiger partial charge in [0.2, 0.25) is 0 Å². The standard InChI is InChI=1S/C12H12F3NO3/c1-2-19-11(17)10(16-18)7-8-4-3-5-9(6-8)12(13,14)15/h3-6,18H,2,7H2,1H3/b16-10-. The molecule has 0 atom stereocenters. The Bertz CT molecular complexity index is 483. The average molecular weight is 275 g/mol. The van der Waals surface area contributed by atoms with Crippen LogP contribution in [0.2, 0.25) is 0 Å². The number of nitrogens with zero attached hydrogens (tertiary/aromatic N) is 1. The van der Waals surface area contributed by atoms with Crippen molar-refractivity contribution in [1.29, 1.82) is 0 Å². The molecule has 0 aromatic heterocycles. The molecule has 0 heterocycles. The summed E-state index contributed by atoms with van der Waals surface area (Å²) in [5.74, 6) is -0.859. The van der Waals surface area contributed by atoms with Gasteiger partial charge in [-0.1, -0.05) is 23.4 Å². The quantitative estimate of drug-likeness (QED) is 0.398. The van der Waals surface area contributed by atoms with E-state index in [4.69, 9.17) is 5.21 Å². The van der Waals surface area contributed by atoms with Crippen molar-refractivity contribution in [1.82, 2.24) is 0 Å². The van der Waals surface area contributed by atoms with Crippen molar-refractivity contribution >= 4 is 11.7 Å². The summed E-state index contributed by atoms with van der Waals surface area (Å²) in [4.78, 5) is 11.3. The number of benzene rings is 1. The second-order valence-corrected chi connectivity index (χ2v) is 3.64. The van der Waals surface area contributed by atoms with Gasteiger partial charge in [-0.3, -0.25) is 0 Å². The second kappa shape index (κ2) is 6.21. The van der Waals surface area contributed by atoms with Gasteiger partial charge in [-0.2, -0.15) is 13.2 Å². The number of alkyl halides is 3. The van der Waals surface area contributed by atoms with E-state index in [1.54, 1.807) is 6.92 Å². The first-order valence-electron chi connectivity index (χ1n) is 5.42. The highest BCUT2D eigenvalue weighted by atomic mass is 19.4. The fraction of sp³-hybridized carbons (Fsp3) is 0.333. The van der Waals surface area contributed by atoms with Crippen LogP contribution in [0.1, 0.15) is 18.1 Å². The van der Waals surface area contributed by atoms with Crippen molar-refractivity contribution in [3.8, 4) is 0 Å². The highest BCUT2D eigenvalue weighted by Gasteiger charge is 2.30. The Balaban J connectivity index is 2.90. The van der Waals surface area contributed by atoms with Crippen LogP contribution >= 0.6 is 0 Å². The summed E-state index contributed by atoms with van der Waals surface area (Å²) in [5, 5.41) is 11.4. The first-order valence-corrected chi connectivity index (χ1v) is 5.42. The molecule has 1 aromatic carbocycles. The lowest BCUT2D eigenvalue weighted by Crippen LogP contribution is -2.20. The largest absolute Gasteiger partial charge is 0.461 e. The average Bonchev–Trinajstić information content (AvgIpc) is 2.35. The first kappa shape index (κ1) is 15.0. The van der Waals surface area contributed by atoms with Gasteiger partial charge in [0.25, 0.3) is 0 Å². The number of hydrogen-bond donors (Lipinski definition) is 1. The van der Waals surface area contributed by atoms with Gasteiger partial charge in [-0.05, 0) is 18.6 Å². The minimum absolute atomic E-state index is 0.0838. The SMILES string of the molecule is CCOC(=O)/C(Cc1cccc(C(F)(F)F)c1)=N\O. The normalized spacial score (nSPS) is 12.3. The van der Waals surface area contributed by atoms with Crippen LogP contribution in [0.3, 0.4) is 0 Å². The summed E-state index contributed by atoms with van der Waals surface area (Å²) in [7, 11) is 0. The first-order chi connectivity index (χ1) is 8.88. The molecule has 1 rings (SSSR count). The van der Waals surface area contributed by atoms with Crippen LogP contribution in [0.4, 0.5) is 13.2 Å². The number of carbonyl (C=O) groups excluding carboxylic acids is 1. The molecule has 0 amide bonds. The predicted molar refractivity (Wildman–Crippen MR) is 61.0 cm³/mol. The smallest absolute Gasteiger partial charge is 0.416 e. The molecule has 1 aromatic rings. The molecular weight excluding hydrogens is 263 g/mol. The highest BCUT2D eigenvalue weighted by Crippen LogP contribution is 2.29. The Kier molecular flexibility index (Phi) is 4.91. The van der Waals surface area contributed by atoms with Gasteiger partial charge >= 0.3 is 12.1 Å². The van der Waals surface area contributed by atoms with E-state index in [0.717, 1.165) is 12.1 Å². The molecular formula is C12H12F3NO3. The summed E-state index contributed by atoms with van der Waals surface area (Å²) in [5.41, 5.74) is -0.969. The molecule has 7 heteroatoms. The van der Waals surface area contributed by atoms with E-state index >= 15 is 0 Å². The Morgan fingerprint density at radius 3 is 2.63 bits per heavy atom. The molecule has 0 aliphatic carbocycles. The van der Waals surface area contributed by atoms with Crippen molar-refractivity contribution in [2.45, 2.75) is 19.5 Å². The van der Waals surface area contributed by atoms with Gasteiger partial charge in [-0.25, -0.2) is 4.79 Å². The third kappa shape index (κ3) is 4.27. The lowest BCUT2D eigenvalue weighted by molar-refractivity contribution is -0.137. The summed E-state index contributed by atoms with van der Waals surface area (Å²) < 4.78 is 42.1. The summed E-state index contributed by atoms with van der Waals surface area (Å²) in [6.45, 7) is 1.65. The van der Waals surface area contributed by atoms with Crippen molar-refractivity contribution in [2.24, 2.45) is 5.16 Å². The zero-order valence-electron chi connectivity index (χ0n) is 10.1.